The molecule has 3 rings (SSSR count). The van der Waals surface area contributed by atoms with Gasteiger partial charge in [0.2, 0.25) is 15.9 Å². The number of carbonyl (C=O) groups excluding carboxylic acids is 1. The number of nitrogens with one attached hydrogen (secondary N) is 2. The summed E-state index contributed by atoms with van der Waals surface area (Å²) in [6.07, 6.45) is 5.54. The van der Waals surface area contributed by atoms with Gasteiger partial charge < -0.3 is 15.1 Å². The van der Waals surface area contributed by atoms with E-state index in [0.29, 0.717) is 24.5 Å². The van der Waals surface area contributed by atoms with E-state index in [9.17, 15) is 13.2 Å². The summed E-state index contributed by atoms with van der Waals surface area (Å²) >= 11 is 0. The lowest BCUT2D eigenvalue weighted by Crippen LogP contribution is -2.32. The molecule has 1 aromatic heterocycles. The van der Waals surface area contributed by atoms with Gasteiger partial charge >= 0.3 is 0 Å². The Kier molecular flexibility index (Phi) is 6.74. The highest BCUT2D eigenvalue weighted by atomic mass is 32.2. The maximum atomic E-state index is 12.8. The molecule has 28 heavy (non-hydrogen) atoms. The summed E-state index contributed by atoms with van der Waals surface area (Å²) in [6.45, 7) is 3.09. The Morgan fingerprint density at radius 3 is 2.39 bits per heavy atom. The Labute approximate surface area is 166 Å². The molecule has 2 heterocycles. The number of benzene rings is 1. The van der Waals surface area contributed by atoms with Crippen molar-refractivity contribution in [3.63, 3.8) is 0 Å². The van der Waals surface area contributed by atoms with E-state index in [1.54, 1.807) is 40.9 Å². The van der Waals surface area contributed by atoms with Crippen molar-refractivity contribution in [2.24, 2.45) is 0 Å². The zero-order chi connectivity index (χ0) is 20.0. The Hall–Kier alpha value is -2.32. The van der Waals surface area contributed by atoms with E-state index in [0.717, 1.165) is 25.7 Å². The molecule has 2 N–H and O–H groups in total. The van der Waals surface area contributed by atoms with Crippen LogP contribution in [0.3, 0.4) is 0 Å². The predicted octanol–water partition coefficient (Wildman–Crippen LogP) is 3.13. The number of rotatable bonds is 7. The second kappa shape index (κ2) is 9.25. The van der Waals surface area contributed by atoms with Crippen LogP contribution in [-0.2, 0) is 14.8 Å². The van der Waals surface area contributed by atoms with E-state index in [1.807, 2.05) is 13.0 Å². The van der Waals surface area contributed by atoms with Crippen LogP contribution in [0.25, 0.3) is 0 Å². The van der Waals surface area contributed by atoms with Crippen LogP contribution in [0.4, 0.5) is 5.69 Å². The van der Waals surface area contributed by atoms with Crippen molar-refractivity contribution in [2.45, 2.75) is 43.5 Å². The molecule has 1 atom stereocenters. The first-order valence-electron chi connectivity index (χ1n) is 9.63. The van der Waals surface area contributed by atoms with Gasteiger partial charge in [0.15, 0.2) is 0 Å². The molecule has 1 aliphatic rings. The van der Waals surface area contributed by atoms with E-state index in [2.05, 4.69) is 10.6 Å². The van der Waals surface area contributed by atoms with Crippen LogP contribution in [0.5, 0.6) is 0 Å². The molecule has 152 valence electrons. The minimum atomic E-state index is -3.46. The van der Waals surface area contributed by atoms with Crippen LogP contribution < -0.4 is 10.6 Å². The summed E-state index contributed by atoms with van der Waals surface area (Å²) in [5.74, 6) is 0.515. The molecular weight excluding hydrogens is 378 g/mol. The third-order valence-corrected chi connectivity index (χ3v) is 6.77. The fourth-order valence-electron chi connectivity index (χ4n) is 3.26. The summed E-state index contributed by atoms with van der Waals surface area (Å²) in [5, 5.41) is 5.85. The van der Waals surface area contributed by atoms with Crippen molar-refractivity contribution in [1.82, 2.24) is 9.62 Å². The summed E-state index contributed by atoms with van der Waals surface area (Å²) in [7, 11) is -3.46. The number of hydrogen-bond donors (Lipinski definition) is 2. The van der Waals surface area contributed by atoms with E-state index in [4.69, 9.17) is 4.42 Å². The Morgan fingerprint density at radius 2 is 1.79 bits per heavy atom. The van der Waals surface area contributed by atoms with Gasteiger partial charge in [-0.05, 0) is 56.2 Å². The zero-order valence-electron chi connectivity index (χ0n) is 16.1. The minimum absolute atomic E-state index is 0.0866. The first-order valence-corrected chi connectivity index (χ1v) is 11.1. The fraction of sp³-hybridized carbons (Fsp3) is 0.450. The maximum Gasteiger partial charge on any atom is 0.243 e. The topological polar surface area (TPSA) is 91.7 Å². The molecule has 0 bridgehead atoms. The Balaban J connectivity index is 1.54. The maximum absolute atomic E-state index is 12.8. The first-order chi connectivity index (χ1) is 13.5. The van der Waals surface area contributed by atoms with Gasteiger partial charge in [-0.25, -0.2) is 8.42 Å². The molecule has 8 heteroatoms. The highest BCUT2D eigenvalue weighted by molar-refractivity contribution is 7.89. The van der Waals surface area contributed by atoms with Gasteiger partial charge in [0.25, 0.3) is 0 Å². The third kappa shape index (κ3) is 5.14. The van der Waals surface area contributed by atoms with Gasteiger partial charge in [0, 0.05) is 18.8 Å². The van der Waals surface area contributed by atoms with E-state index < -0.39 is 10.0 Å². The molecule has 1 amide bonds. The molecule has 0 radical (unpaired) electrons. The number of sulfonamides is 1. The highest BCUT2D eigenvalue weighted by Crippen LogP contribution is 2.21. The monoisotopic (exact) mass is 405 g/mol. The average molecular weight is 406 g/mol. The molecule has 2 aromatic rings. The quantitative estimate of drug-likeness (QED) is 0.738. The highest BCUT2D eigenvalue weighted by Gasteiger charge is 2.24. The molecule has 0 saturated carbocycles. The van der Waals surface area contributed by atoms with Crippen LogP contribution in [0.1, 0.15) is 44.4 Å². The third-order valence-electron chi connectivity index (χ3n) is 4.86. The van der Waals surface area contributed by atoms with Crippen LogP contribution >= 0.6 is 0 Å². The lowest BCUT2D eigenvalue weighted by Gasteiger charge is -2.20. The smallest absolute Gasteiger partial charge is 0.243 e. The number of amides is 1. The molecule has 0 aliphatic carbocycles. The number of hydrogen-bond acceptors (Lipinski definition) is 5. The Morgan fingerprint density at radius 1 is 1.11 bits per heavy atom. The van der Waals surface area contributed by atoms with E-state index in [-0.39, 0.29) is 23.4 Å². The largest absolute Gasteiger partial charge is 0.467 e. The van der Waals surface area contributed by atoms with Gasteiger partial charge in [-0.1, -0.05) is 12.8 Å². The minimum Gasteiger partial charge on any atom is -0.467 e. The van der Waals surface area contributed by atoms with Crippen molar-refractivity contribution in [3.8, 4) is 0 Å². The Bertz CT molecular complexity index is 855. The van der Waals surface area contributed by atoms with Gasteiger partial charge in [-0.15, -0.1) is 0 Å². The average Bonchev–Trinajstić information content (AvgIpc) is 3.09. The molecule has 1 unspecified atom stereocenters. The van der Waals surface area contributed by atoms with Crippen LogP contribution in [-0.4, -0.2) is 38.3 Å². The number of carbonyl (C=O) groups is 1. The second-order valence-corrected chi connectivity index (χ2v) is 8.94. The summed E-state index contributed by atoms with van der Waals surface area (Å²) in [6, 6.07) is 9.92. The second-order valence-electron chi connectivity index (χ2n) is 7.00. The van der Waals surface area contributed by atoms with Crippen LogP contribution in [0.15, 0.2) is 52.0 Å². The van der Waals surface area contributed by atoms with E-state index >= 15 is 0 Å². The van der Waals surface area contributed by atoms with Crippen molar-refractivity contribution < 1.29 is 17.6 Å². The molecule has 1 aliphatic heterocycles. The lowest BCUT2D eigenvalue weighted by molar-refractivity contribution is -0.120. The zero-order valence-corrected chi connectivity index (χ0v) is 16.9. The SMILES string of the molecule is CC(NC(=O)CNc1ccc(S(=O)(=O)N2CCCCCC2)cc1)c1ccco1. The standard InChI is InChI=1S/C20H27N3O4S/c1-16(19-7-6-14-27-19)22-20(24)15-21-17-8-10-18(11-9-17)28(25,26)23-12-4-2-3-5-13-23/h6-11,14,16,21H,2-5,12-13,15H2,1H3,(H,22,24). The molecule has 1 fully saturated rings. The van der Waals surface area contributed by atoms with Crippen molar-refractivity contribution in [3.05, 3.63) is 48.4 Å². The predicted molar refractivity (Wildman–Crippen MR) is 107 cm³/mol. The molecule has 1 saturated heterocycles. The summed E-state index contributed by atoms with van der Waals surface area (Å²) < 4.78 is 32.4. The number of anilines is 1. The molecule has 7 nitrogen and oxygen atoms in total. The van der Waals surface area contributed by atoms with Gasteiger partial charge in [-0.2, -0.15) is 4.31 Å². The molecular formula is C20H27N3O4S. The van der Waals surface area contributed by atoms with Crippen molar-refractivity contribution in [1.29, 1.82) is 0 Å². The summed E-state index contributed by atoms with van der Waals surface area (Å²) in [5.41, 5.74) is 0.690. The lowest BCUT2D eigenvalue weighted by atomic mass is 10.2. The fourth-order valence-corrected chi connectivity index (χ4v) is 4.78. The van der Waals surface area contributed by atoms with Crippen molar-refractivity contribution in [2.75, 3.05) is 25.0 Å². The van der Waals surface area contributed by atoms with Gasteiger partial charge in [-0.3, -0.25) is 4.79 Å². The summed E-state index contributed by atoms with van der Waals surface area (Å²) in [4.78, 5) is 12.4. The first kappa shape index (κ1) is 20.4. The molecule has 1 aromatic carbocycles. The van der Waals surface area contributed by atoms with Crippen LogP contribution in [0, 0.1) is 0 Å². The normalized spacial score (nSPS) is 16.9. The van der Waals surface area contributed by atoms with Gasteiger partial charge in [0.1, 0.15) is 5.76 Å². The van der Waals surface area contributed by atoms with Crippen molar-refractivity contribution >= 4 is 21.6 Å². The number of nitrogens with zero attached hydrogens (tertiary/aromatic N) is 1. The van der Waals surface area contributed by atoms with Crippen LogP contribution in [0.2, 0.25) is 0 Å². The number of furan rings is 1. The van der Waals surface area contributed by atoms with E-state index in [1.165, 1.54) is 0 Å². The molecule has 0 spiro atoms. The van der Waals surface area contributed by atoms with Gasteiger partial charge in [0.05, 0.1) is 23.7 Å².